The van der Waals surface area contributed by atoms with E-state index in [4.69, 9.17) is 10.2 Å². The summed E-state index contributed by atoms with van der Waals surface area (Å²) < 4.78 is 0. The maximum absolute atomic E-state index is 9.96. The molecule has 4 N–H and O–H groups in total. The monoisotopic (exact) mass is 349 g/mol. The molecule has 0 radical (unpaired) electrons. The largest absolute Gasteiger partial charge is 0.396 e. The minimum Gasteiger partial charge on any atom is -0.396 e. The van der Waals surface area contributed by atoms with E-state index < -0.39 is 12.2 Å². The molecule has 1 heterocycles. The van der Waals surface area contributed by atoms with Crippen LogP contribution >= 0.6 is 0 Å². The molecule has 5 heteroatoms. The van der Waals surface area contributed by atoms with Gasteiger partial charge in [0.1, 0.15) is 23.4 Å². The van der Waals surface area contributed by atoms with Gasteiger partial charge in [-0.15, -0.1) is 0 Å². The Hall–Kier alpha value is 0.190. The van der Waals surface area contributed by atoms with E-state index in [1.807, 2.05) is 0 Å². The molecule has 1 saturated heterocycles. The van der Waals surface area contributed by atoms with Gasteiger partial charge in [-0.05, 0) is 30.2 Å². The molecule has 0 amide bonds. The van der Waals surface area contributed by atoms with E-state index >= 15 is 0 Å². The summed E-state index contributed by atoms with van der Waals surface area (Å²) in [5.74, 6) is 2.76. The predicted molar refractivity (Wildman–Crippen MR) is 97.8 cm³/mol. The number of hydrogen-bond donors (Lipinski definition) is 4. The third-order valence-electron chi connectivity index (χ3n) is 4.85. The summed E-state index contributed by atoms with van der Waals surface area (Å²) in [6.07, 6.45) is 11.3. The molecule has 138 valence electrons. The Morgan fingerprint density at radius 3 is 1.83 bits per heavy atom. The topological polar surface area (TPSA) is 80.9 Å². The maximum atomic E-state index is 9.96. The van der Waals surface area contributed by atoms with Crippen molar-refractivity contribution in [2.45, 2.75) is 76.4 Å². The molecule has 1 unspecified atom stereocenters. The van der Waals surface area contributed by atoms with Gasteiger partial charge >= 0.3 is 0 Å². The molecule has 0 aromatic heterocycles. The Morgan fingerprint density at radius 1 is 0.783 bits per heavy atom. The van der Waals surface area contributed by atoms with Crippen LogP contribution < -0.4 is 0 Å². The van der Waals surface area contributed by atoms with Gasteiger partial charge in [-0.25, -0.2) is 0 Å². The fraction of sp³-hybridized carbons (Fsp3) is 1.00. The van der Waals surface area contributed by atoms with Crippen molar-refractivity contribution in [2.24, 2.45) is 5.92 Å². The third-order valence-corrected chi connectivity index (χ3v) is 7.39. The minimum atomic E-state index is -0.750. The summed E-state index contributed by atoms with van der Waals surface area (Å²) in [5.41, 5.74) is 0. The Kier molecular flexibility index (Phi) is 12.4. The van der Waals surface area contributed by atoms with Gasteiger partial charge in [-0.3, -0.25) is 0 Å². The lowest BCUT2D eigenvalue weighted by Gasteiger charge is -2.15. The summed E-state index contributed by atoms with van der Waals surface area (Å²) in [5, 5.41) is 37.4. The molecule has 0 saturated carbocycles. The van der Waals surface area contributed by atoms with Gasteiger partial charge in [0.2, 0.25) is 0 Å². The van der Waals surface area contributed by atoms with Crippen LogP contribution in [0.2, 0.25) is 0 Å². The number of aliphatic hydroxyl groups excluding tert-OH is 4. The second kappa shape index (κ2) is 13.5. The second-order valence-corrected chi connectivity index (χ2v) is 9.19. The molecule has 4 nitrogen and oxygen atoms in total. The van der Waals surface area contributed by atoms with Gasteiger partial charge in [0.25, 0.3) is 0 Å². The first-order valence-electron chi connectivity index (χ1n) is 9.41. The smallest absolute Gasteiger partial charge is 0.134 e. The molecule has 0 bridgehead atoms. The van der Waals surface area contributed by atoms with Crippen LogP contribution in [0.15, 0.2) is 0 Å². The first-order chi connectivity index (χ1) is 11.2. The highest BCUT2D eigenvalue weighted by Gasteiger charge is 2.43. The van der Waals surface area contributed by atoms with Crippen LogP contribution in [0.25, 0.3) is 0 Å². The van der Waals surface area contributed by atoms with Crippen molar-refractivity contribution in [3.05, 3.63) is 0 Å². The summed E-state index contributed by atoms with van der Waals surface area (Å²) in [6, 6.07) is 0. The summed E-state index contributed by atoms with van der Waals surface area (Å²) in [6.45, 7) is 0.0946. The van der Waals surface area contributed by atoms with Crippen LogP contribution in [-0.4, -0.2) is 63.1 Å². The van der Waals surface area contributed by atoms with Gasteiger partial charge in [-0.2, -0.15) is 0 Å². The van der Waals surface area contributed by atoms with Crippen molar-refractivity contribution in [2.75, 3.05) is 30.5 Å². The second-order valence-electron chi connectivity index (χ2n) is 6.89. The molecule has 1 rings (SSSR count). The van der Waals surface area contributed by atoms with Crippen molar-refractivity contribution in [3.8, 4) is 0 Å². The summed E-state index contributed by atoms with van der Waals surface area (Å²) >= 11 is 0. The number of rotatable bonds is 14. The Morgan fingerprint density at radius 2 is 1.30 bits per heavy atom. The van der Waals surface area contributed by atoms with E-state index in [1.165, 1.54) is 57.1 Å². The van der Waals surface area contributed by atoms with Crippen molar-refractivity contribution in [1.29, 1.82) is 0 Å². The van der Waals surface area contributed by atoms with Crippen molar-refractivity contribution < 1.29 is 20.4 Å². The van der Waals surface area contributed by atoms with Gasteiger partial charge in [-0.1, -0.05) is 44.9 Å². The molecule has 0 aromatic rings. The first kappa shape index (κ1) is 21.2. The normalized spacial score (nSPS) is 25.8. The average Bonchev–Trinajstić information content (AvgIpc) is 2.92. The highest BCUT2D eigenvalue weighted by molar-refractivity contribution is 7.97. The summed E-state index contributed by atoms with van der Waals surface area (Å²) in [4.78, 5) is 0. The first-order valence-corrected chi connectivity index (χ1v) is 11.1. The van der Waals surface area contributed by atoms with E-state index in [-0.39, 0.29) is 23.4 Å². The van der Waals surface area contributed by atoms with E-state index in [2.05, 4.69) is 0 Å². The quantitative estimate of drug-likeness (QED) is 0.285. The van der Waals surface area contributed by atoms with Crippen LogP contribution in [0.5, 0.6) is 0 Å². The molecule has 1 fully saturated rings. The van der Waals surface area contributed by atoms with Gasteiger partial charge in [0.15, 0.2) is 0 Å². The van der Waals surface area contributed by atoms with Gasteiger partial charge in [0.05, 0.1) is 18.6 Å². The minimum absolute atomic E-state index is 0.117. The lowest BCUT2D eigenvalue weighted by atomic mass is 10.0. The van der Waals surface area contributed by atoms with Gasteiger partial charge in [0, 0.05) is 6.61 Å². The van der Waals surface area contributed by atoms with Crippen molar-refractivity contribution >= 4 is 10.9 Å². The fourth-order valence-electron chi connectivity index (χ4n) is 3.32. The molecule has 0 aliphatic carbocycles. The Bertz CT molecular complexity index is 278. The van der Waals surface area contributed by atoms with Crippen molar-refractivity contribution in [1.82, 2.24) is 0 Å². The molecule has 1 aliphatic heterocycles. The number of aliphatic hydroxyl groups is 4. The van der Waals surface area contributed by atoms with E-state index in [0.717, 1.165) is 24.3 Å². The van der Waals surface area contributed by atoms with Crippen LogP contribution in [-0.2, 0) is 10.9 Å². The molecule has 0 spiro atoms. The lowest BCUT2D eigenvalue weighted by molar-refractivity contribution is 0.00718. The Labute approximate surface area is 144 Å². The van der Waals surface area contributed by atoms with Crippen LogP contribution in [0.4, 0.5) is 0 Å². The zero-order valence-electron chi connectivity index (χ0n) is 14.5. The molecule has 4 atom stereocenters. The molecule has 0 aromatic carbocycles. The molecule has 1 aliphatic rings. The van der Waals surface area contributed by atoms with Crippen molar-refractivity contribution in [3.63, 3.8) is 0 Å². The lowest BCUT2D eigenvalue weighted by Crippen LogP contribution is -2.32. The molecular weight excluding hydrogens is 312 g/mol. The zero-order valence-corrected chi connectivity index (χ0v) is 15.4. The zero-order chi connectivity index (χ0) is 16.9. The molecule has 23 heavy (non-hydrogen) atoms. The highest BCUT2D eigenvalue weighted by Crippen LogP contribution is 2.25. The number of hydrogen-bond acceptors (Lipinski definition) is 4. The highest BCUT2D eigenvalue weighted by atomic mass is 32.2. The van der Waals surface area contributed by atoms with E-state index in [1.54, 1.807) is 0 Å². The van der Waals surface area contributed by atoms with Crippen LogP contribution in [0.1, 0.15) is 64.2 Å². The van der Waals surface area contributed by atoms with Crippen LogP contribution in [0, 0.1) is 5.92 Å². The standard InChI is InChI=1S/C18H37O4S/c19-11-9-7-5-3-1-2-4-6-8-10-12-23-14-16(17(21)13-20)18(22)15-23/h16-22H,1-15H2/q+1/t16-,17+,18+,23?/m0/s1. The predicted octanol–water partition coefficient (Wildman–Crippen LogP) is 1.84. The fourth-order valence-corrected chi connectivity index (χ4v) is 6.12. The summed E-state index contributed by atoms with van der Waals surface area (Å²) in [7, 11) is 0.235. The van der Waals surface area contributed by atoms with Crippen LogP contribution in [0.3, 0.4) is 0 Å². The maximum Gasteiger partial charge on any atom is 0.134 e. The molecular formula is C18H37O4S+. The average molecular weight is 350 g/mol. The SMILES string of the molecule is OCCCCCCCCCCCC[S+]1C[C@@H]([C@H](O)CO)[C@H](O)C1. The van der Waals surface area contributed by atoms with E-state index in [0.29, 0.717) is 6.61 Å². The Balaban J connectivity index is 1.90. The van der Waals surface area contributed by atoms with Gasteiger partial charge < -0.3 is 20.4 Å². The number of unbranched alkanes of at least 4 members (excludes halogenated alkanes) is 9. The third kappa shape index (κ3) is 9.30. The van der Waals surface area contributed by atoms with E-state index in [9.17, 15) is 10.2 Å².